The van der Waals surface area contributed by atoms with Crippen molar-refractivity contribution in [1.29, 1.82) is 0 Å². The van der Waals surface area contributed by atoms with Gasteiger partial charge in [-0.05, 0) is 0 Å². The molecule has 0 aliphatic heterocycles. The molecule has 0 atom stereocenters. The predicted octanol–water partition coefficient (Wildman–Crippen LogP) is 6.08. The second-order valence-corrected chi connectivity index (χ2v) is 14.5. The van der Waals surface area contributed by atoms with Gasteiger partial charge in [0.25, 0.3) is 0 Å². The Bertz CT molecular complexity index is 1380. The van der Waals surface area contributed by atoms with Crippen molar-refractivity contribution in [3.8, 4) is 0 Å². The maximum atomic E-state index is 13.5. The molecule has 208 valence electrons. The molecule has 0 saturated heterocycles. The molecule has 4 aromatic rings. The van der Waals surface area contributed by atoms with Crippen molar-refractivity contribution < 1.29 is 31.5 Å². The molecular formula is C32H28O8Sn. The fourth-order valence-electron chi connectivity index (χ4n) is 4.01. The van der Waals surface area contributed by atoms with E-state index in [0.29, 0.717) is 22.3 Å². The molecule has 4 rings (SSSR count). The summed E-state index contributed by atoms with van der Waals surface area (Å²) in [6, 6.07) is 26.2. The van der Waals surface area contributed by atoms with E-state index in [2.05, 4.69) is 0 Å². The number of benzene rings is 4. The molecule has 0 aromatic heterocycles. The topological polar surface area (TPSA) is 105 Å². The van der Waals surface area contributed by atoms with E-state index in [1.165, 1.54) is 24.3 Å². The summed E-state index contributed by atoms with van der Waals surface area (Å²) < 4.78 is 23.0. The van der Waals surface area contributed by atoms with Gasteiger partial charge in [0.1, 0.15) is 0 Å². The first kappa shape index (κ1) is 29.5. The molecule has 0 saturated carbocycles. The van der Waals surface area contributed by atoms with Crippen LogP contribution in [0.25, 0.3) is 0 Å². The van der Waals surface area contributed by atoms with Crippen LogP contribution in [0.2, 0.25) is 0 Å². The molecule has 0 bridgehead atoms. The Morgan fingerprint density at radius 1 is 0.390 bits per heavy atom. The first-order chi connectivity index (χ1) is 19.6. The third-order valence-electron chi connectivity index (χ3n) is 6.33. The SMILES string of the molecule is Cc1ccccc1C(=O)[O][Sn]([O]C(=O)c1ccccc1C)([O]C(=O)c1ccccc1C)[O]C(=O)c1ccccc1C. The van der Waals surface area contributed by atoms with E-state index < -0.39 is 43.9 Å². The van der Waals surface area contributed by atoms with Crippen LogP contribution in [0.1, 0.15) is 63.7 Å². The van der Waals surface area contributed by atoms with Crippen LogP contribution >= 0.6 is 0 Å². The summed E-state index contributed by atoms with van der Waals surface area (Å²) in [6.45, 7) is 6.75. The van der Waals surface area contributed by atoms with Crippen LogP contribution in [0.15, 0.2) is 97.1 Å². The molecule has 0 amide bonds. The zero-order chi connectivity index (χ0) is 29.6. The van der Waals surface area contributed by atoms with Gasteiger partial charge in [0.15, 0.2) is 0 Å². The average Bonchev–Trinajstić information content (AvgIpc) is 2.93. The van der Waals surface area contributed by atoms with Crippen LogP contribution in [0.5, 0.6) is 0 Å². The Morgan fingerprint density at radius 3 is 0.780 bits per heavy atom. The molecule has 4 aromatic carbocycles. The van der Waals surface area contributed by atoms with Crippen molar-refractivity contribution in [3.05, 3.63) is 142 Å². The zero-order valence-corrected chi connectivity index (χ0v) is 25.9. The predicted molar refractivity (Wildman–Crippen MR) is 152 cm³/mol. The fourth-order valence-corrected chi connectivity index (χ4v) is 8.57. The van der Waals surface area contributed by atoms with Crippen molar-refractivity contribution >= 4 is 43.9 Å². The molecule has 0 heterocycles. The number of carbonyl (C=O) groups excluding carboxylic acids is 4. The van der Waals surface area contributed by atoms with Gasteiger partial charge in [0, 0.05) is 0 Å². The van der Waals surface area contributed by atoms with Crippen molar-refractivity contribution in [3.63, 3.8) is 0 Å². The number of carbonyl (C=O) groups is 4. The van der Waals surface area contributed by atoms with Crippen LogP contribution < -0.4 is 0 Å². The van der Waals surface area contributed by atoms with Crippen molar-refractivity contribution in [1.82, 2.24) is 0 Å². The van der Waals surface area contributed by atoms with Gasteiger partial charge < -0.3 is 0 Å². The molecule has 0 aliphatic rings. The van der Waals surface area contributed by atoms with E-state index in [0.717, 1.165) is 0 Å². The first-order valence-corrected chi connectivity index (χ1v) is 17.4. The Labute approximate surface area is 243 Å². The molecule has 0 radical (unpaired) electrons. The molecule has 0 fully saturated rings. The Balaban J connectivity index is 1.84. The number of aryl methyl sites for hydroxylation is 4. The molecule has 0 aliphatic carbocycles. The van der Waals surface area contributed by atoms with Crippen molar-refractivity contribution in [2.45, 2.75) is 27.7 Å². The third kappa shape index (κ3) is 7.01. The monoisotopic (exact) mass is 660 g/mol. The average molecular weight is 659 g/mol. The van der Waals surface area contributed by atoms with Crippen LogP contribution in [0.3, 0.4) is 0 Å². The van der Waals surface area contributed by atoms with Crippen LogP contribution in [-0.4, -0.2) is 43.9 Å². The molecular weight excluding hydrogens is 631 g/mol. The van der Waals surface area contributed by atoms with E-state index in [9.17, 15) is 19.2 Å². The molecule has 0 unspecified atom stereocenters. The minimum absolute atomic E-state index is 0.124. The summed E-state index contributed by atoms with van der Waals surface area (Å²) in [5.74, 6) is -3.86. The summed E-state index contributed by atoms with van der Waals surface area (Å²) in [6.07, 6.45) is 0. The van der Waals surface area contributed by atoms with Crippen LogP contribution in [-0.2, 0) is 12.3 Å². The number of hydrogen-bond acceptors (Lipinski definition) is 8. The Morgan fingerprint density at radius 2 is 0.585 bits per heavy atom. The minimum atomic E-state index is -6.32. The normalized spacial score (nSPS) is 10.8. The van der Waals surface area contributed by atoms with Crippen LogP contribution in [0.4, 0.5) is 0 Å². The summed E-state index contributed by atoms with van der Waals surface area (Å²) in [7, 11) is 0. The maximum absolute atomic E-state index is 13.5. The molecule has 8 nitrogen and oxygen atoms in total. The van der Waals surface area contributed by atoms with Gasteiger partial charge in [0.05, 0.1) is 0 Å². The van der Waals surface area contributed by atoms with E-state index in [4.69, 9.17) is 12.3 Å². The number of hydrogen-bond donors (Lipinski definition) is 0. The Kier molecular flexibility index (Phi) is 9.24. The van der Waals surface area contributed by atoms with Gasteiger partial charge in [-0.2, -0.15) is 0 Å². The van der Waals surface area contributed by atoms with E-state index in [-0.39, 0.29) is 22.3 Å². The zero-order valence-electron chi connectivity index (χ0n) is 23.0. The van der Waals surface area contributed by atoms with Gasteiger partial charge in [-0.15, -0.1) is 0 Å². The van der Waals surface area contributed by atoms with E-state index in [1.54, 1.807) is 100 Å². The second kappa shape index (κ2) is 12.8. The summed E-state index contributed by atoms with van der Waals surface area (Å²) >= 11 is -6.32. The van der Waals surface area contributed by atoms with E-state index in [1.807, 2.05) is 0 Å². The van der Waals surface area contributed by atoms with Gasteiger partial charge in [-0.3, -0.25) is 0 Å². The summed E-state index contributed by atoms with van der Waals surface area (Å²) in [5, 5.41) is 0. The second-order valence-electron chi connectivity index (χ2n) is 9.32. The molecule has 0 spiro atoms. The summed E-state index contributed by atoms with van der Waals surface area (Å²) in [4.78, 5) is 54.0. The third-order valence-corrected chi connectivity index (χ3v) is 11.3. The quantitative estimate of drug-likeness (QED) is 0.210. The summed E-state index contributed by atoms with van der Waals surface area (Å²) in [5.41, 5.74) is 2.71. The van der Waals surface area contributed by atoms with Crippen molar-refractivity contribution in [2.24, 2.45) is 0 Å². The van der Waals surface area contributed by atoms with Crippen molar-refractivity contribution in [2.75, 3.05) is 0 Å². The van der Waals surface area contributed by atoms with Gasteiger partial charge in [-0.1, -0.05) is 0 Å². The standard InChI is InChI=1S/4C8H8O2.Sn/c4*1-6-4-2-3-5-7(6)8(9)10;/h4*2-5H,1H3,(H,9,10);/q;;;;+4/p-4. The van der Waals surface area contributed by atoms with E-state index >= 15 is 0 Å². The first-order valence-electron chi connectivity index (χ1n) is 12.8. The Hall–Kier alpha value is -4.44. The van der Waals surface area contributed by atoms with Gasteiger partial charge in [0.2, 0.25) is 0 Å². The molecule has 0 N–H and O–H groups in total. The van der Waals surface area contributed by atoms with Gasteiger partial charge >= 0.3 is 245 Å². The molecule has 41 heavy (non-hydrogen) atoms. The number of rotatable bonds is 8. The van der Waals surface area contributed by atoms with Gasteiger partial charge in [-0.25, -0.2) is 0 Å². The van der Waals surface area contributed by atoms with Crippen LogP contribution in [0, 0.1) is 27.7 Å². The fraction of sp³-hybridized carbons (Fsp3) is 0.125. The molecule has 9 heteroatoms.